The molecule has 1 aliphatic carbocycles. The molecule has 0 fully saturated rings. The van der Waals surface area contributed by atoms with Gasteiger partial charge in [0.2, 0.25) is 0 Å². The highest BCUT2D eigenvalue weighted by Crippen LogP contribution is 2.42. The maximum atomic E-state index is 12.5. The van der Waals surface area contributed by atoms with E-state index < -0.39 is 5.41 Å². The molecule has 0 heterocycles. The van der Waals surface area contributed by atoms with E-state index in [2.05, 4.69) is 6.58 Å². The van der Waals surface area contributed by atoms with Crippen molar-refractivity contribution in [1.29, 1.82) is 0 Å². The van der Waals surface area contributed by atoms with E-state index in [1.54, 1.807) is 30.3 Å². The summed E-state index contributed by atoms with van der Waals surface area (Å²) in [6.07, 6.45) is 6.25. The van der Waals surface area contributed by atoms with Crippen LogP contribution in [0.25, 0.3) is 0 Å². The minimum atomic E-state index is -0.960. The molecule has 0 amide bonds. The summed E-state index contributed by atoms with van der Waals surface area (Å²) in [5.74, 6) is -0.137. The molecule has 1 aromatic rings. The lowest BCUT2D eigenvalue weighted by Crippen LogP contribution is -2.32. The molecule has 0 radical (unpaired) electrons. The molecule has 92 valence electrons. The quantitative estimate of drug-likeness (QED) is 0.595. The fourth-order valence-corrected chi connectivity index (χ4v) is 2.52. The van der Waals surface area contributed by atoms with Crippen LogP contribution in [0.15, 0.2) is 49.1 Å². The lowest BCUT2D eigenvalue weighted by Gasteiger charge is -2.22. The SMILES string of the molecule is C=CCC1(C/C=C/C)C(=O)c2ccccc2C1=O. The van der Waals surface area contributed by atoms with Crippen molar-refractivity contribution in [3.05, 3.63) is 60.2 Å². The number of hydrogen-bond donors (Lipinski definition) is 0. The summed E-state index contributed by atoms with van der Waals surface area (Å²) >= 11 is 0. The van der Waals surface area contributed by atoms with Crippen LogP contribution in [-0.2, 0) is 0 Å². The Labute approximate surface area is 107 Å². The van der Waals surface area contributed by atoms with Crippen LogP contribution in [0, 0.1) is 5.41 Å². The zero-order chi connectivity index (χ0) is 13.2. The highest BCUT2D eigenvalue weighted by Gasteiger charge is 2.50. The van der Waals surface area contributed by atoms with Crippen LogP contribution in [0.4, 0.5) is 0 Å². The summed E-state index contributed by atoms with van der Waals surface area (Å²) in [7, 11) is 0. The Morgan fingerprint density at radius 1 is 1.11 bits per heavy atom. The molecule has 2 rings (SSSR count). The van der Waals surface area contributed by atoms with Gasteiger partial charge in [0.15, 0.2) is 11.6 Å². The first-order chi connectivity index (χ1) is 8.67. The second-order valence-corrected chi connectivity index (χ2v) is 4.55. The summed E-state index contributed by atoms with van der Waals surface area (Å²) < 4.78 is 0. The molecular weight excluding hydrogens is 224 g/mol. The second-order valence-electron chi connectivity index (χ2n) is 4.55. The van der Waals surface area contributed by atoms with E-state index in [-0.39, 0.29) is 11.6 Å². The van der Waals surface area contributed by atoms with Gasteiger partial charge in [-0.1, -0.05) is 42.5 Å². The number of carbonyl (C=O) groups excluding carboxylic acids is 2. The number of rotatable bonds is 4. The second kappa shape index (κ2) is 4.73. The van der Waals surface area contributed by atoms with E-state index in [9.17, 15) is 9.59 Å². The van der Waals surface area contributed by atoms with Crippen LogP contribution in [-0.4, -0.2) is 11.6 Å². The van der Waals surface area contributed by atoms with E-state index in [0.717, 1.165) is 0 Å². The van der Waals surface area contributed by atoms with Gasteiger partial charge in [-0.05, 0) is 19.8 Å². The third-order valence-corrected chi connectivity index (χ3v) is 3.48. The van der Waals surface area contributed by atoms with E-state index in [0.29, 0.717) is 24.0 Å². The van der Waals surface area contributed by atoms with Gasteiger partial charge in [-0.15, -0.1) is 6.58 Å². The van der Waals surface area contributed by atoms with Gasteiger partial charge in [0, 0.05) is 11.1 Å². The number of hydrogen-bond acceptors (Lipinski definition) is 2. The minimum Gasteiger partial charge on any atom is -0.293 e. The Morgan fingerprint density at radius 2 is 1.67 bits per heavy atom. The topological polar surface area (TPSA) is 34.1 Å². The molecule has 2 nitrogen and oxygen atoms in total. The van der Waals surface area contributed by atoms with E-state index in [1.807, 2.05) is 19.1 Å². The van der Waals surface area contributed by atoms with Crippen molar-refractivity contribution < 1.29 is 9.59 Å². The summed E-state index contributed by atoms with van der Waals surface area (Å²) in [5.41, 5.74) is 0.139. The predicted octanol–water partition coefficient (Wildman–Crippen LogP) is 3.59. The molecule has 0 saturated heterocycles. The molecule has 0 unspecified atom stereocenters. The van der Waals surface area contributed by atoms with Gasteiger partial charge in [0.05, 0.1) is 0 Å². The zero-order valence-electron chi connectivity index (χ0n) is 10.5. The number of ketones is 2. The molecule has 0 spiro atoms. The van der Waals surface area contributed by atoms with Crippen molar-refractivity contribution in [2.75, 3.05) is 0 Å². The Hall–Kier alpha value is -1.96. The molecule has 2 heteroatoms. The Kier molecular flexibility index (Phi) is 3.28. The summed E-state index contributed by atoms with van der Waals surface area (Å²) in [5, 5.41) is 0. The van der Waals surface area contributed by atoms with Crippen molar-refractivity contribution >= 4 is 11.6 Å². The van der Waals surface area contributed by atoms with Crippen LogP contribution in [0.5, 0.6) is 0 Å². The van der Waals surface area contributed by atoms with Crippen LogP contribution in [0.1, 0.15) is 40.5 Å². The molecule has 1 aromatic carbocycles. The van der Waals surface area contributed by atoms with Crippen LogP contribution in [0.2, 0.25) is 0 Å². The van der Waals surface area contributed by atoms with Crippen LogP contribution < -0.4 is 0 Å². The van der Waals surface area contributed by atoms with Crippen molar-refractivity contribution in [2.45, 2.75) is 19.8 Å². The monoisotopic (exact) mass is 240 g/mol. The van der Waals surface area contributed by atoms with Crippen molar-refractivity contribution in [1.82, 2.24) is 0 Å². The first-order valence-electron chi connectivity index (χ1n) is 6.08. The van der Waals surface area contributed by atoms with Gasteiger partial charge in [-0.2, -0.15) is 0 Å². The fraction of sp³-hybridized carbons (Fsp3) is 0.250. The minimum absolute atomic E-state index is 0.0684. The predicted molar refractivity (Wildman–Crippen MR) is 71.8 cm³/mol. The Balaban J connectivity index is 2.54. The van der Waals surface area contributed by atoms with Crippen molar-refractivity contribution in [3.8, 4) is 0 Å². The smallest absolute Gasteiger partial charge is 0.178 e. The normalized spacial score (nSPS) is 17.2. The Morgan fingerprint density at radius 3 is 2.11 bits per heavy atom. The molecule has 0 atom stereocenters. The number of Topliss-reactive ketones (excluding diaryl/α,β-unsaturated/α-hetero) is 2. The van der Waals surface area contributed by atoms with Gasteiger partial charge >= 0.3 is 0 Å². The molecule has 0 saturated carbocycles. The van der Waals surface area contributed by atoms with E-state index in [4.69, 9.17) is 0 Å². The van der Waals surface area contributed by atoms with Crippen molar-refractivity contribution in [3.63, 3.8) is 0 Å². The lowest BCUT2D eigenvalue weighted by molar-refractivity contribution is 0.0703. The molecule has 0 N–H and O–H groups in total. The van der Waals surface area contributed by atoms with E-state index >= 15 is 0 Å². The van der Waals surface area contributed by atoms with Gasteiger partial charge in [0.25, 0.3) is 0 Å². The number of benzene rings is 1. The molecule has 0 bridgehead atoms. The maximum absolute atomic E-state index is 12.5. The molecular formula is C16H16O2. The van der Waals surface area contributed by atoms with Gasteiger partial charge in [0.1, 0.15) is 5.41 Å². The Bertz CT molecular complexity index is 503. The summed E-state index contributed by atoms with van der Waals surface area (Å²) in [6, 6.07) is 7.06. The maximum Gasteiger partial charge on any atom is 0.178 e. The zero-order valence-corrected chi connectivity index (χ0v) is 10.5. The summed E-state index contributed by atoms with van der Waals surface area (Å²) in [6.45, 7) is 5.57. The first kappa shape index (κ1) is 12.5. The third-order valence-electron chi connectivity index (χ3n) is 3.48. The lowest BCUT2D eigenvalue weighted by atomic mass is 9.76. The number of allylic oxidation sites excluding steroid dienone is 3. The largest absolute Gasteiger partial charge is 0.293 e. The summed E-state index contributed by atoms with van der Waals surface area (Å²) in [4.78, 5) is 25.0. The standard InChI is InChI=1S/C16H16O2/c1-3-5-11-16(10-4-2)14(17)12-8-6-7-9-13(12)15(16)18/h3-9H,2,10-11H2,1H3/b5-3+. The van der Waals surface area contributed by atoms with Gasteiger partial charge in [-0.25, -0.2) is 0 Å². The number of fused-ring (bicyclic) bond motifs is 1. The molecule has 0 aromatic heterocycles. The van der Waals surface area contributed by atoms with Gasteiger partial charge < -0.3 is 0 Å². The van der Waals surface area contributed by atoms with Gasteiger partial charge in [-0.3, -0.25) is 9.59 Å². The van der Waals surface area contributed by atoms with Crippen molar-refractivity contribution in [2.24, 2.45) is 5.41 Å². The first-order valence-corrected chi connectivity index (χ1v) is 6.08. The van der Waals surface area contributed by atoms with E-state index in [1.165, 1.54) is 0 Å². The fourth-order valence-electron chi connectivity index (χ4n) is 2.52. The molecule has 18 heavy (non-hydrogen) atoms. The molecule has 1 aliphatic rings. The van der Waals surface area contributed by atoms with Crippen LogP contribution in [0.3, 0.4) is 0 Å². The molecule has 0 aliphatic heterocycles. The highest BCUT2D eigenvalue weighted by molar-refractivity contribution is 6.29. The van der Waals surface area contributed by atoms with Crippen LogP contribution >= 0.6 is 0 Å². The average Bonchev–Trinajstić information content (AvgIpc) is 2.60. The third kappa shape index (κ3) is 1.65. The number of carbonyl (C=O) groups is 2. The highest BCUT2D eigenvalue weighted by atomic mass is 16.2. The average molecular weight is 240 g/mol.